The fourth-order valence-electron chi connectivity index (χ4n) is 1.39. The van der Waals surface area contributed by atoms with Crippen LogP contribution in [-0.4, -0.2) is 8.42 Å². The molecule has 1 heterocycles. The Kier molecular flexibility index (Phi) is 3.55. The molecule has 0 aliphatic rings. The Morgan fingerprint density at radius 2 is 2.05 bits per heavy atom. The van der Waals surface area contributed by atoms with Crippen molar-refractivity contribution in [2.45, 2.75) is 11.1 Å². The van der Waals surface area contributed by atoms with Crippen LogP contribution in [0.4, 0.5) is 10.1 Å². The molecule has 0 atom stereocenters. The van der Waals surface area contributed by atoms with Crippen molar-refractivity contribution in [2.75, 3.05) is 4.72 Å². The SMILES string of the molecule is Cc1ccc(NS(=O)(=O)c2ccc(C#N)s2)cc1F. The van der Waals surface area contributed by atoms with Crippen LogP contribution in [0.5, 0.6) is 0 Å². The second kappa shape index (κ2) is 4.99. The summed E-state index contributed by atoms with van der Waals surface area (Å²) in [6, 6.07) is 8.72. The highest BCUT2D eigenvalue weighted by molar-refractivity contribution is 7.94. The first-order valence-electron chi connectivity index (χ1n) is 5.21. The summed E-state index contributed by atoms with van der Waals surface area (Å²) in [5, 5.41) is 8.67. The molecule has 0 saturated heterocycles. The lowest BCUT2D eigenvalue weighted by Gasteiger charge is -2.06. The Morgan fingerprint density at radius 3 is 2.63 bits per heavy atom. The van der Waals surface area contributed by atoms with E-state index in [2.05, 4.69) is 4.72 Å². The molecule has 4 nitrogen and oxygen atoms in total. The number of nitrogens with zero attached hydrogens (tertiary/aromatic N) is 1. The van der Waals surface area contributed by atoms with Gasteiger partial charge in [-0.05, 0) is 36.8 Å². The summed E-state index contributed by atoms with van der Waals surface area (Å²) in [5.74, 6) is -0.482. The second-order valence-electron chi connectivity index (χ2n) is 3.80. The third-order valence-corrected chi connectivity index (χ3v) is 5.24. The first-order chi connectivity index (χ1) is 8.92. The molecule has 0 aliphatic carbocycles. The highest BCUT2D eigenvalue weighted by Gasteiger charge is 2.17. The summed E-state index contributed by atoms with van der Waals surface area (Å²) in [6.45, 7) is 1.59. The van der Waals surface area contributed by atoms with Gasteiger partial charge < -0.3 is 0 Å². The van der Waals surface area contributed by atoms with Crippen LogP contribution in [0.3, 0.4) is 0 Å². The molecule has 1 aromatic heterocycles. The van der Waals surface area contributed by atoms with E-state index in [0.29, 0.717) is 10.4 Å². The number of rotatable bonds is 3. The topological polar surface area (TPSA) is 70.0 Å². The lowest BCUT2D eigenvalue weighted by atomic mass is 10.2. The molecule has 0 fully saturated rings. The number of thiophene rings is 1. The maximum Gasteiger partial charge on any atom is 0.271 e. The predicted octanol–water partition coefficient (Wildman–Crippen LogP) is 2.87. The van der Waals surface area contributed by atoms with Gasteiger partial charge in [-0.1, -0.05) is 6.07 Å². The fraction of sp³-hybridized carbons (Fsp3) is 0.0833. The van der Waals surface area contributed by atoms with Crippen molar-refractivity contribution < 1.29 is 12.8 Å². The minimum Gasteiger partial charge on any atom is -0.279 e. The van der Waals surface area contributed by atoms with Gasteiger partial charge in [-0.3, -0.25) is 4.72 Å². The summed E-state index contributed by atoms with van der Waals surface area (Å²) < 4.78 is 39.6. The Labute approximate surface area is 114 Å². The number of nitriles is 1. The van der Waals surface area contributed by atoms with Gasteiger partial charge in [0.05, 0.1) is 5.69 Å². The number of halogens is 1. The molecule has 1 N–H and O–H groups in total. The first kappa shape index (κ1) is 13.5. The van der Waals surface area contributed by atoms with E-state index >= 15 is 0 Å². The molecular weight excluding hydrogens is 287 g/mol. The molecule has 2 aromatic rings. The van der Waals surface area contributed by atoms with Gasteiger partial charge in [0.15, 0.2) is 0 Å². The van der Waals surface area contributed by atoms with E-state index in [9.17, 15) is 12.8 Å². The summed E-state index contributed by atoms with van der Waals surface area (Å²) in [7, 11) is -3.78. The van der Waals surface area contributed by atoms with E-state index in [1.165, 1.54) is 24.3 Å². The van der Waals surface area contributed by atoms with Gasteiger partial charge in [0.1, 0.15) is 21.0 Å². The zero-order valence-corrected chi connectivity index (χ0v) is 11.5. The molecule has 0 radical (unpaired) electrons. The second-order valence-corrected chi connectivity index (χ2v) is 6.79. The normalized spacial score (nSPS) is 11.0. The summed E-state index contributed by atoms with van der Waals surface area (Å²) >= 11 is 0.861. The minimum absolute atomic E-state index is 0.0185. The fourth-order valence-corrected chi connectivity index (χ4v) is 3.54. The predicted molar refractivity (Wildman–Crippen MR) is 71.0 cm³/mol. The highest BCUT2D eigenvalue weighted by atomic mass is 32.2. The van der Waals surface area contributed by atoms with Crippen LogP contribution < -0.4 is 4.72 Å². The van der Waals surface area contributed by atoms with Gasteiger partial charge in [0, 0.05) is 0 Å². The highest BCUT2D eigenvalue weighted by Crippen LogP contribution is 2.24. The van der Waals surface area contributed by atoms with Gasteiger partial charge in [0.2, 0.25) is 0 Å². The maximum atomic E-state index is 13.3. The number of aryl methyl sites for hydroxylation is 1. The van der Waals surface area contributed by atoms with Crippen molar-refractivity contribution in [1.29, 1.82) is 5.26 Å². The molecule has 0 aliphatic heterocycles. The van der Waals surface area contributed by atoms with E-state index in [1.807, 2.05) is 6.07 Å². The molecule has 0 spiro atoms. The van der Waals surface area contributed by atoms with Gasteiger partial charge >= 0.3 is 0 Å². The van der Waals surface area contributed by atoms with Crippen molar-refractivity contribution in [1.82, 2.24) is 0 Å². The molecule has 0 unspecified atom stereocenters. The van der Waals surface area contributed by atoms with Crippen LogP contribution in [0.1, 0.15) is 10.4 Å². The standard InChI is InChI=1S/C12H9FN2O2S2/c1-8-2-3-9(6-11(8)13)15-19(16,17)12-5-4-10(7-14)18-12/h2-6,15H,1H3. The lowest BCUT2D eigenvalue weighted by molar-refractivity contribution is 0.603. The first-order valence-corrected chi connectivity index (χ1v) is 7.51. The van der Waals surface area contributed by atoms with Crippen LogP contribution in [0.15, 0.2) is 34.5 Å². The summed E-state index contributed by atoms with van der Waals surface area (Å²) in [5.41, 5.74) is 0.584. The van der Waals surface area contributed by atoms with Crippen molar-refractivity contribution in [3.8, 4) is 6.07 Å². The lowest BCUT2D eigenvalue weighted by Crippen LogP contribution is -2.11. The molecule has 7 heteroatoms. The Balaban J connectivity index is 2.31. The third-order valence-electron chi connectivity index (χ3n) is 2.38. The van der Waals surface area contributed by atoms with Crippen molar-refractivity contribution in [3.63, 3.8) is 0 Å². The van der Waals surface area contributed by atoms with Gasteiger partial charge in [-0.25, -0.2) is 12.8 Å². The number of anilines is 1. The zero-order valence-electron chi connectivity index (χ0n) is 9.84. The Morgan fingerprint density at radius 1 is 1.32 bits per heavy atom. The molecule has 0 bridgehead atoms. The van der Waals surface area contributed by atoms with E-state index in [4.69, 9.17) is 5.26 Å². The van der Waals surface area contributed by atoms with E-state index < -0.39 is 15.8 Å². The average Bonchev–Trinajstić information content (AvgIpc) is 2.83. The number of sulfonamides is 1. The molecule has 1 aromatic carbocycles. The van der Waals surface area contributed by atoms with Crippen molar-refractivity contribution in [2.24, 2.45) is 0 Å². The van der Waals surface area contributed by atoms with Gasteiger partial charge in [0.25, 0.3) is 10.0 Å². The quantitative estimate of drug-likeness (QED) is 0.946. The number of nitrogens with one attached hydrogen (secondary N) is 1. The minimum atomic E-state index is -3.78. The van der Waals surface area contributed by atoms with Gasteiger partial charge in [-0.2, -0.15) is 5.26 Å². The van der Waals surface area contributed by atoms with E-state index in [0.717, 1.165) is 17.4 Å². The molecule has 0 saturated carbocycles. The van der Waals surface area contributed by atoms with Crippen LogP contribution in [0.25, 0.3) is 0 Å². The van der Waals surface area contributed by atoms with Crippen LogP contribution in [0, 0.1) is 24.1 Å². The maximum absolute atomic E-state index is 13.3. The number of benzene rings is 1. The van der Waals surface area contributed by atoms with Gasteiger partial charge in [-0.15, -0.1) is 11.3 Å². The average molecular weight is 296 g/mol. The van der Waals surface area contributed by atoms with Crippen molar-refractivity contribution in [3.05, 3.63) is 46.6 Å². The molecular formula is C12H9FN2O2S2. The molecule has 98 valence electrons. The molecule has 19 heavy (non-hydrogen) atoms. The number of hydrogen-bond donors (Lipinski definition) is 1. The smallest absolute Gasteiger partial charge is 0.271 e. The van der Waals surface area contributed by atoms with Crippen LogP contribution >= 0.6 is 11.3 Å². The number of hydrogen-bond acceptors (Lipinski definition) is 4. The van der Waals surface area contributed by atoms with Crippen LogP contribution in [-0.2, 0) is 10.0 Å². The van der Waals surface area contributed by atoms with E-state index in [1.54, 1.807) is 6.92 Å². The summed E-state index contributed by atoms with van der Waals surface area (Å²) in [6.07, 6.45) is 0. The van der Waals surface area contributed by atoms with Crippen LogP contribution in [0.2, 0.25) is 0 Å². The largest absolute Gasteiger partial charge is 0.279 e. The molecule has 2 rings (SSSR count). The molecule has 0 amide bonds. The summed E-state index contributed by atoms with van der Waals surface area (Å²) in [4.78, 5) is 0.301. The Bertz CT molecular complexity index is 760. The third kappa shape index (κ3) is 2.92. The van der Waals surface area contributed by atoms with E-state index in [-0.39, 0.29) is 9.90 Å². The van der Waals surface area contributed by atoms with Crippen molar-refractivity contribution >= 4 is 27.0 Å². The Hall–Kier alpha value is -1.91. The zero-order chi connectivity index (χ0) is 14.0. The monoisotopic (exact) mass is 296 g/mol.